The van der Waals surface area contributed by atoms with Crippen LogP contribution in [0.1, 0.15) is 13.3 Å². The Morgan fingerprint density at radius 2 is 2.35 bits per heavy atom. The number of hydrogen-bond donors (Lipinski definition) is 2. The van der Waals surface area contributed by atoms with Gasteiger partial charge in [-0.3, -0.25) is 14.9 Å². The van der Waals surface area contributed by atoms with E-state index in [1.54, 1.807) is 18.0 Å². The smallest absolute Gasteiger partial charge is 0.311 e. The van der Waals surface area contributed by atoms with Crippen LogP contribution in [-0.2, 0) is 4.79 Å². The van der Waals surface area contributed by atoms with E-state index in [4.69, 9.17) is 0 Å². The second kappa shape index (κ2) is 5.72. The Kier molecular flexibility index (Phi) is 4.02. The Balaban J connectivity index is 2.47. The van der Waals surface area contributed by atoms with Gasteiger partial charge in [0.15, 0.2) is 0 Å². The average Bonchev–Trinajstić information content (AvgIpc) is 2.46. The standard InChI is InChI=1S/C12H17N5O3/c1-3-8-12(18)14-6-7-16(8)11-9(17(19)20)4-5-10(13-2)15-11/h4-5,8H,3,6-7H2,1-2H3,(H,13,15)(H,14,18). The van der Waals surface area contributed by atoms with Crippen molar-refractivity contribution >= 4 is 23.2 Å². The number of carbonyl (C=O) groups is 1. The summed E-state index contributed by atoms with van der Waals surface area (Å²) in [6.45, 7) is 2.83. The number of rotatable bonds is 4. The summed E-state index contributed by atoms with van der Waals surface area (Å²) in [6.07, 6.45) is 0.564. The molecule has 8 heteroatoms. The first-order valence-electron chi connectivity index (χ1n) is 6.46. The molecular weight excluding hydrogens is 262 g/mol. The number of pyridine rings is 1. The molecule has 0 bridgehead atoms. The lowest BCUT2D eigenvalue weighted by molar-refractivity contribution is -0.384. The number of aromatic nitrogens is 1. The summed E-state index contributed by atoms with van der Waals surface area (Å²) in [5, 5.41) is 16.8. The van der Waals surface area contributed by atoms with Crippen LogP contribution in [-0.4, -0.2) is 42.0 Å². The molecule has 1 aromatic rings. The normalized spacial score (nSPS) is 18.6. The van der Waals surface area contributed by atoms with Gasteiger partial charge in [-0.25, -0.2) is 4.98 Å². The van der Waals surface area contributed by atoms with E-state index in [2.05, 4.69) is 15.6 Å². The lowest BCUT2D eigenvalue weighted by atomic mass is 10.1. The largest absolute Gasteiger partial charge is 0.373 e. The van der Waals surface area contributed by atoms with Gasteiger partial charge in [0.2, 0.25) is 11.7 Å². The fourth-order valence-electron chi connectivity index (χ4n) is 2.31. The summed E-state index contributed by atoms with van der Waals surface area (Å²) < 4.78 is 0. The van der Waals surface area contributed by atoms with Gasteiger partial charge in [0, 0.05) is 26.2 Å². The lowest BCUT2D eigenvalue weighted by Crippen LogP contribution is -2.55. The molecule has 0 saturated carbocycles. The van der Waals surface area contributed by atoms with Crippen LogP contribution in [0.4, 0.5) is 17.3 Å². The quantitative estimate of drug-likeness (QED) is 0.623. The van der Waals surface area contributed by atoms with Crippen molar-refractivity contribution in [1.82, 2.24) is 10.3 Å². The highest BCUT2D eigenvalue weighted by molar-refractivity contribution is 5.87. The molecule has 1 fully saturated rings. The topological polar surface area (TPSA) is 100 Å². The van der Waals surface area contributed by atoms with Crippen molar-refractivity contribution in [2.45, 2.75) is 19.4 Å². The van der Waals surface area contributed by atoms with Gasteiger partial charge in [0.05, 0.1) is 4.92 Å². The number of hydrogen-bond acceptors (Lipinski definition) is 6. The first kappa shape index (κ1) is 14.0. The van der Waals surface area contributed by atoms with Crippen LogP contribution in [0.3, 0.4) is 0 Å². The molecule has 1 amide bonds. The Morgan fingerprint density at radius 1 is 1.60 bits per heavy atom. The molecule has 1 saturated heterocycles. The number of anilines is 2. The predicted molar refractivity (Wildman–Crippen MR) is 74.9 cm³/mol. The second-order valence-electron chi connectivity index (χ2n) is 4.45. The van der Waals surface area contributed by atoms with E-state index in [9.17, 15) is 14.9 Å². The Labute approximate surface area is 116 Å². The Bertz CT molecular complexity index is 534. The number of nitro groups is 1. The molecular formula is C12H17N5O3. The minimum absolute atomic E-state index is 0.0860. The van der Waals surface area contributed by atoms with Crippen LogP contribution >= 0.6 is 0 Å². The summed E-state index contributed by atoms with van der Waals surface area (Å²) in [5.74, 6) is 0.652. The minimum atomic E-state index is -0.471. The van der Waals surface area contributed by atoms with Gasteiger partial charge in [0.1, 0.15) is 11.9 Å². The first-order chi connectivity index (χ1) is 9.58. The maximum Gasteiger partial charge on any atom is 0.311 e. The zero-order chi connectivity index (χ0) is 14.7. The van der Waals surface area contributed by atoms with E-state index < -0.39 is 11.0 Å². The molecule has 20 heavy (non-hydrogen) atoms. The Morgan fingerprint density at radius 3 is 2.95 bits per heavy atom. The van der Waals surface area contributed by atoms with Crippen LogP contribution in [0.5, 0.6) is 0 Å². The van der Waals surface area contributed by atoms with Gasteiger partial charge in [-0.05, 0) is 12.5 Å². The summed E-state index contributed by atoms with van der Waals surface area (Å²) in [4.78, 5) is 28.5. The van der Waals surface area contributed by atoms with Crippen molar-refractivity contribution in [2.24, 2.45) is 0 Å². The number of nitrogens with one attached hydrogen (secondary N) is 2. The van der Waals surface area contributed by atoms with Crippen LogP contribution in [0.25, 0.3) is 0 Å². The van der Waals surface area contributed by atoms with E-state index in [-0.39, 0.29) is 17.4 Å². The maximum atomic E-state index is 11.9. The number of nitrogens with zero attached hydrogens (tertiary/aromatic N) is 3. The van der Waals surface area contributed by atoms with Crippen LogP contribution in [0, 0.1) is 10.1 Å². The van der Waals surface area contributed by atoms with E-state index in [0.29, 0.717) is 25.3 Å². The van der Waals surface area contributed by atoms with Gasteiger partial charge < -0.3 is 15.5 Å². The molecule has 1 aliphatic heterocycles. The van der Waals surface area contributed by atoms with Crippen molar-refractivity contribution in [1.29, 1.82) is 0 Å². The van der Waals surface area contributed by atoms with E-state index in [1.165, 1.54) is 6.07 Å². The highest BCUT2D eigenvalue weighted by Crippen LogP contribution is 2.30. The molecule has 1 aromatic heterocycles. The van der Waals surface area contributed by atoms with Gasteiger partial charge in [-0.2, -0.15) is 0 Å². The van der Waals surface area contributed by atoms with Crippen LogP contribution < -0.4 is 15.5 Å². The molecule has 2 N–H and O–H groups in total. The number of carbonyl (C=O) groups excluding carboxylic acids is 1. The highest BCUT2D eigenvalue weighted by Gasteiger charge is 2.33. The van der Waals surface area contributed by atoms with E-state index >= 15 is 0 Å². The summed E-state index contributed by atoms with van der Waals surface area (Å²) in [5.41, 5.74) is -0.0860. The molecule has 0 radical (unpaired) electrons. The van der Waals surface area contributed by atoms with Crippen molar-refractivity contribution < 1.29 is 9.72 Å². The summed E-state index contributed by atoms with van der Waals surface area (Å²) in [7, 11) is 1.69. The molecule has 1 aliphatic rings. The van der Waals surface area contributed by atoms with Crippen molar-refractivity contribution in [3.05, 3.63) is 22.2 Å². The molecule has 1 atom stereocenters. The van der Waals surface area contributed by atoms with Gasteiger partial charge in [-0.15, -0.1) is 0 Å². The minimum Gasteiger partial charge on any atom is -0.373 e. The number of amides is 1. The molecule has 1 unspecified atom stereocenters. The van der Waals surface area contributed by atoms with Crippen molar-refractivity contribution in [3.8, 4) is 0 Å². The molecule has 0 spiro atoms. The van der Waals surface area contributed by atoms with Gasteiger partial charge in [0.25, 0.3) is 0 Å². The van der Waals surface area contributed by atoms with Crippen molar-refractivity contribution in [3.63, 3.8) is 0 Å². The van der Waals surface area contributed by atoms with Crippen LogP contribution in [0.2, 0.25) is 0 Å². The average molecular weight is 279 g/mol. The molecule has 108 valence electrons. The monoisotopic (exact) mass is 279 g/mol. The summed E-state index contributed by atoms with van der Waals surface area (Å²) >= 11 is 0. The van der Waals surface area contributed by atoms with Crippen LogP contribution in [0.15, 0.2) is 12.1 Å². The fraction of sp³-hybridized carbons (Fsp3) is 0.500. The third-order valence-corrected chi connectivity index (χ3v) is 3.30. The van der Waals surface area contributed by atoms with Gasteiger partial charge in [-0.1, -0.05) is 6.92 Å². The SMILES string of the molecule is CCC1C(=O)NCCN1c1nc(NC)ccc1[N+](=O)[O-]. The third-order valence-electron chi connectivity index (χ3n) is 3.30. The summed E-state index contributed by atoms with van der Waals surface area (Å²) in [6, 6.07) is 2.53. The molecule has 0 aliphatic carbocycles. The third kappa shape index (κ3) is 2.49. The second-order valence-corrected chi connectivity index (χ2v) is 4.45. The Hall–Kier alpha value is -2.38. The highest BCUT2D eigenvalue weighted by atomic mass is 16.6. The predicted octanol–water partition coefficient (Wildman–Crippen LogP) is 0.746. The molecule has 2 heterocycles. The fourth-order valence-corrected chi connectivity index (χ4v) is 2.31. The van der Waals surface area contributed by atoms with E-state index in [0.717, 1.165) is 0 Å². The molecule has 8 nitrogen and oxygen atoms in total. The molecule has 0 aromatic carbocycles. The zero-order valence-corrected chi connectivity index (χ0v) is 11.4. The lowest BCUT2D eigenvalue weighted by Gasteiger charge is -2.35. The number of piperazine rings is 1. The zero-order valence-electron chi connectivity index (χ0n) is 11.4. The molecule has 2 rings (SSSR count). The van der Waals surface area contributed by atoms with Crippen molar-refractivity contribution in [2.75, 3.05) is 30.4 Å². The van der Waals surface area contributed by atoms with E-state index in [1.807, 2.05) is 6.92 Å². The first-order valence-corrected chi connectivity index (χ1v) is 6.46. The maximum absolute atomic E-state index is 11.9. The van der Waals surface area contributed by atoms with Gasteiger partial charge >= 0.3 is 5.69 Å².